The molecule has 0 amide bonds. The minimum Gasteiger partial charge on any atom is -0.384 e. The largest absolute Gasteiger partial charge is 0.384 e. The van der Waals surface area contributed by atoms with E-state index in [0.717, 1.165) is 19.6 Å². The Labute approximate surface area is 111 Å². The number of fused-ring (bicyclic) bond motifs is 1. The zero-order valence-electron chi connectivity index (χ0n) is 11.5. The lowest BCUT2D eigenvalue weighted by Crippen LogP contribution is -2.39. The van der Waals surface area contributed by atoms with Crippen LogP contribution in [-0.4, -0.2) is 30.6 Å². The fourth-order valence-electron chi connectivity index (χ4n) is 2.63. The molecule has 0 bridgehead atoms. The molecule has 0 saturated carbocycles. The maximum absolute atomic E-state index is 3.85. The van der Waals surface area contributed by atoms with Gasteiger partial charge in [-0.2, -0.15) is 0 Å². The van der Waals surface area contributed by atoms with Gasteiger partial charge in [0.05, 0.1) is 0 Å². The molecule has 0 fully saturated rings. The van der Waals surface area contributed by atoms with E-state index < -0.39 is 0 Å². The van der Waals surface area contributed by atoms with Gasteiger partial charge >= 0.3 is 0 Å². The summed E-state index contributed by atoms with van der Waals surface area (Å²) < 4.78 is 0. The summed E-state index contributed by atoms with van der Waals surface area (Å²) in [6.07, 6.45) is 3.19. The Bertz CT molecular complexity index is 398. The molecule has 0 aliphatic carbocycles. The molecule has 1 unspecified atom stereocenters. The third kappa shape index (κ3) is 3.14. The van der Waals surface area contributed by atoms with E-state index in [1.165, 1.54) is 17.7 Å². The highest BCUT2D eigenvalue weighted by Gasteiger charge is 2.20. The Morgan fingerprint density at radius 2 is 2.22 bits per heavy atom. The molecule has 98 valence electrons. The molecule has 1 aliphatic heterocycles. The van der Waals surface area contributed by atoms with Crippen LogP contribution in [0.2, 0.25) is 0 Å². The zero-order valence-corrected chi connectivity index (χ0v) is 11.5. The van der Waals surface area contributed by atoms with E-state index in [-0.39, 0.29) is 0 Å². The van der Waals surface area contributed by atoms with Crippen LogP contribution < -0.4 is 5.32 Å². The average Bonchev–Trinajstić information content (AvgIpc) is 2.38. The van der Waals surface area contributed by atoms with E-state index in [1.54, 1.807) is 0 Å². The molecular weight excluding hydrogens is 220 g/mol. The monoisotopic (exact) mass is 244 g/mol. The van der Waals surface area contributed by atoms with Gasteiger partial charge in [-0.15, -0.1) is 6.58 Å². The average molecular weight is 244 g/mol. The van der Waals surface area contributed by atoms with Crippen molar-refractivity contribution in [3.05, 3.63) is 42.5 Å². The Morgan fingerprint density at radius 3 is 2.94 bits per heavy atom. The maximum atomic E-state index is 3.85. The lowest BCUT2D eigenvalue weighted by molar-refractivity contribution is 0.208. The van der Waals surface area contributed by atoms with Crippen LogP contribution in [-0.2, 0) is 6.42 Å². The van der Waals surface area contributed by atoms with Gasteiger partial charge in [-0.25, -0.2) is 0 Å². The Morgan fingerprint density at radius 1 is 1.44 bits per heavy atom. The first-order valence-corrected chi connectivity index (χ1v) is 6.87. The van der Waals surface area contributed by atoms with Crippen LogP contribution in [0.4, 0.5) is 5.69 Å². The van der Waals surface area contributed by atoms with E-state index in [2.05, 4.69) is 54.9 Å². The second-order valence-electron chi connectivity index (χ2n) is 5.44. The van der Waals surface area contributed by atoms with Gasteiger partial charge in [-0.05, 0) is 37.8 Å². The fraction of sp³-hybridized carbons (Fsp3) is 0.500. The highest BCUT2D eigenvalue weighted by Crippen LogP contribution is 2.25. The zero-order chi connectivity index (χ0) is 13.0. The van der Waals surface area contributed by atoms with E-state index in [4.69, 9.17) is 0 Å². The minimum atomic E-state index is 0.583. The molecular formula is C16H24N2. The van der Waals surface area contributed by atoms with Crippen molar-refractivity contribution in [1.82, 2.24) is 4.90 Å². The van der Waals surface area contributed by atoms with E-state index >= 15 is 0 Å². The quantitative estimate of drug-likeness (QED) is 0.800. The number of para-hydroxylation sites is 1. The molecule has 1 aromatic rings. The van der Waals surface area contributed by atoms with E-state index in [0.29, 0.717) is 12.0 Å². The lowest BCUT2D eigenvalue weighted by atomic mass is 9.93. The summed E-state index contributed by atoms with van der Waals surface area (Å²) in [5.74, 6) is 0.697. The van der Waals surface area contributed by atoms with Gasteiger partial charge in [0.15, 0.2) is 0 Å². The van der Waals surface area contributed by atoms with Gasteiger partial charge in [0.25, 0.3) is 0 Å². The number of hydrogen-bond acceptors (Lipinski definition) is 2. The van der Waals surface area contributed by atoms with Crippen molar-refractivity contribution in [3.63, 3.8) is 0 Å². The normalized spacial score (nSPS) is 18.6. The van der Waals surface area contributed by atoms with Crippen LogP contribution in [0.5, 0.6) is 0 Å². The predicted octanol–water partition coefficient (Wildman–Crippen LogP) is 3.17. The molecule has 0 saturated heterocycles. The van der Waals surface area contributed by atoms with Crippen molar-refractivity contribution in [1.29, 1.82) is 0 Å². The number of nitrogens with one attached hydrogen (secondary N) is 1. The summed E-state index contributed by atoms with van der Waals surface area (Å²) in [5, 5.41) is 3.55. The highest BCUT2D eigenvalue weighted by molar-refractivity contribution is 5.53. The summed E-state index contributed by atoms with van der Waals surface area (Å²) in [4.78, 5) is 2.49. The van der Waals surface area contributed by atoms with Crippen LogP contribution in [0.1, 0.15) is 19.4 Å². The molecule has 1 aliphatic rings. The second kappa shape index (κ2) is 6.05. The maximum Gasteiger partial charge on any atom is 0.0372 e. The SMILES string of the molecule is C=CCN(CC1CNc2ccccc2C1)C(C)C. The van der Waals surface area contributed by atoms with Gasteiger partial charge in [0.2, 0.25) is 0 Å². The third-order valence-corrected chi connectivity index (χ3v) is 3.69. The molecule has 2 heteroatoms. The molecule has 2 rings (SSSR count). The van der Waals surface area contributed by atoms with Crippen molar-refractivity contribution < 1.29 is 0 Å². The standard InChI is InChI=1S/C16H24N2/c1-4-9-18(13(2)3)12-14-10-15-7-5-6-8-16(15)17-11-14/h4-8,13-14,17H,1,9-12H2,2-3H3. The van der Waals surface area contributed by atoms with Gasteiger partial charge in [-0.1, -0.05) is 24.3 Å². The Hall–Kier alpha value is -1.28. The van der Waals surface area contributed by atoms with Crippen LogP contribution in [0.3, 0.4) is 0 Å². The number of rotatable bonds is 5. The Kier molecular flexibility index (Phi) is 4.43. The number of anilines is 1. The van der Waals surface area contributed by atoms with Crippen LogP contribution in [0.25, 0.3) is 0 Å². The summed E-state index contributed by atoms with van der Waals surface area (Å²) in [5.41, 5.74) is 2.77. The molecule has 1 aromatic carbocycles. The van der Waals surface area contributed by atoms with Crippen molar-refractivity contribution in [2.75, 3.05) is 25.0 Å². The molecule has 0 aromatic heterocycles. The van der Waals surface area contributed by atoms with Gasteiger partial charge in [0.1, 0.15) is 0 Å². The first-order valence-electron chi connectivity index (χ1n) is 6.87. The van der Waals surface area contributed by atoms with Crippen molar-refractivity contribution in [2.24, 2.45) is 5.92 Å². The predicted molar refractivity (Wildman–Crippen MR) is 79.0 cm³/mol. The molecule has 0 radical (unpaired) electrons. The van der Waals surface area contributed by atoms with Crippen LogP contribution >= 0.6 is 0 Å². The highest BCUT2D eigenvalue weighted by atomic mass is 15.1. The van der Waals surface area contributed by atoms with E-state index in [9.17, 15) is 0 Å². The molecule has 1 N–H and O–H groups in total. The molecule has 0 spiro atoms. The van der Waals surface area contributed by atoms with E-state index in [1.807, 2.05) is 6.08 Å². The van der Waals surface area contributed by atoms with Crippen LogP contribution in [0.15, 0.2) is 36.9 Å². The molecule has 1 atom stereocenters. The summed E-state index contributed by atoms with van der Waals surface area (Å²) in [7, 11) is 0. The van der Waals surface area contributed by atoms with Crippen molar-refractivity contribution >= 4 is 5.69 Å². The topological polar surface area (TPSA) is 15.3 Å². The first kappa shape index (κ1) is 13.2. The first-order chi connectivity index (χ1) is 8.70. The molecule has 1 heterocycles. The molecule has 2 nitrogen and oxygen atoms in total. The minimum absolute atomic E-state index is 0.583. The number of hydrogen-bond donors (Lipinski definition) is 1. The van der Waals surface area contributed by atoms with Gasteiger partial charge in [0, 0.05) is 31.4 Å². The van der Waals surface area contributed by atoms with Crippen LogP contribution in [0, 0.1) is 5.92 Å². The molecule has 18 heavy (non-hydrogen) atoms. The number of benzene rings is 1. The van der Waals surface area contributed by atoms with Crippen molar-refractivity contribution in [3.8, 4) is 0 Å². The summed E-state index contributed by atoms with van der Waals surface area (Å²) in [6.45, 7) is 11.6. The fourth-order valence-corrected chi connectivity index (χ4v) is 2.63. The second-order valence-corrected chi connectivity index (χ2v) is 5.44. The van der Waals surface area contributed by atoms with Crippen molar-refractivity contribution in [2.45, 2.75) is 26.3 Å². The summed E-state index contributed by atoms with van der Waals surface area (Å²) >= 11 is 0. The lowest BCUT2D eigenvalue weighted by Gasteiger charge is -2.33. The third-order valence-electron chi connectivity index (χ3n) is 3.69. The van der Waals surface area contributed by atoms with Gasteiger partial charge in [-0.3, -0.25) is 4.90 Å². The van der Waals surface area contributed by atoms with Gasteiger partial charge < -0.3 is 5.32 Å². The smallest absolute Gasteiger partial charge is 0.0372 e. The summed E-state index contributed by atoms with van der Waals surface area (Å²) in [6, 6.07) is 9.23. The number of nitrogens with zero attached hydrogens (tertiary/aromatic N) is 1. The Balaban J connectivity index is 1.98.